The molecule has 1 aromatic carbocycles. The van der Waals surface area contributed by atoms with Gasteiger partial charge in [-0.1, -0.05) is 6.07 Å². The molecule has 20 heavy (non-hydrogen) atoms. The Labute approximate surface area is 115 Å². The molecule has 1 amide bonds. The molecule has 0 saturated heterocycles. The van der Waals surface area contributed by atoms with E-state index in [9.17, 15) is 9.18 Å². The van der Waals surface area contributed by atoms with Gasteiger partial charge in [-0.2, -0.15) is 4.39 Å². The first-order valence-corrected chi connectivity index (χ1v) is 5.80. The van der Waals surface area contributed by atoms with E-state index >= 15 is 0 Å². The summed E-state index contributed by atoms with van der Waals surface area (Å²) in [5.41, 5.74) is 0.305. The zero-order chi connectivity index (χ0) is 14.5. The van der Waals surface area contributed by atoms with Gasteiger partial charge in [0.1, 0.15) is 17.3 Å². The number of carbonyl (C=O) groups is 1. The fourth-order valence-electron chi connectivity index (χ4n) is 1.65. The lowest BCUT2D eigenvalue weighted by Crippen LogP contribution is -2.14. The number of halogens is 1. The fourth-order valence-corrected chi connectivity index (χ4v) is 1.65. The zero-order valence-electron chi connectivity index (χ0n) is 11.0. The van der Waals surface area contributed by atoms with Gasteiger partial charge < -0.3 is 14.8 Å². The normalized spacial score (nSPS) is 9.95. The van der Waals surface area contributed by atoms with Crippen molar-refractivity contribution in [2.75, 3.05) is 19.5 Å². The van der Waals surface area contributed by atoms with Crippen LogP contribution < -0.4 is 14.8 Å². The summed E-state index contributed by atoms with van der Waals surface area (Å²) in [6, 6.07) is 8.94. The van der Waals surface area contributed by atoms with Gasteiger partial charge in [0, 0.05) is 6.07 Å². The highest BCUT2D eigenvalue weighted by Crippen LogP contribution is 2.25. The molecule has 2 rings (SSSR count). The first-order valence-electron chi connectivity index (χ1n) is 5.80. The Balaban J connectivity index is 2.25. The van der Waals surface area contributed by atoms with E-state index in [-0.39, 0.29) is 5.82 Å². The molecule has 0 aliphatic heterocycles. The maximum Gasteiger partial charge on any atom is 0.260 e. The number of rotatable bonds is 4. The van der Waals surface area contributed by atoms with Gasteiger partial charge in [-0.25, -0.2) is 4.98 Å². The summed E-state index contributed by atoms with van der Waals surface area (Å²) in [6.45, 7) is 0. The molecule has 0 aliphatic rings. The molecule has 0 atom stereocenters. The van der Waals surface area contributed by atoms with Gasteiger partial charge in [-0.15, -0.1) is 0 Å². The minimum absolute atomic E-state index is 0.132. The third-order valence-electron chi connectivity index (χ3n) is 2.61. The molecule has 1 aromatic heterocycles. The van der Waals surface area contributed by atoms with Gasteiger partial charge in [0.25, 0.3) is 5.91 Å². The maximum atomic E-state index is 13.0. The van der Waals surface area contributed by atoms with Crippen LogP contribution in [-0.4, -0.2) is 25.1 Å². The van der Waals surface area contributed by atoms with Crippen LogP contribution in [0, 0.1) is 5.95 Å². The van der Waals surface area contributed by atoms with Crippen molar-refractivity contribution in [3.8, 4) is 11.5 Å². The van der Waals surface area contributed by atoms with E-state index in [0.29, 0.717) is 17.1 Å². The Bertz CT molecular complexity index is 632. The van der Waals surface area contributed by atoms with Crippen molar-refractivity contribution in [3.63, 3.8) is 0 Å². The van der Waals surface area contributed by atoms with Gasteiger partial charge >= 0.3 is 0 Å². The molecule has 0 spiro atoms. The smallest absolute Gasteiger partial charge is 0.260 e. The predicted molar refractivity (Wildman–Crippen MR) is 71.7 cm³/mol. The summed E-state index contributed by atoms with van der Waals surface area (Å²) in [6.07, 6.45) is 0. The number of hydrogen-bond acceptors (Lipinski definition) is 4. The number of aromatic nitrogens is 1. The van der Waals surface area contributed by atoms with Crippen molar-refractivity contribution in [1.82, 2.24) is 4.98 Å². The number of anilines is 1. The Kier molecular flexibility index (Phi) is 4.14. The average Bonchev–Trinajstić information content (AvgIpc) is 2.46. The van der Waals surface area contributed by atoms with E-state index in [2.05, 4.69) is 10.3 Å². The number of nitrogens with one attached hydrogen (secondary N) is 1. The number of ether oxygens (including phenoxy) is 2. The molecule has 5 nitrogen and oxygen atoms in total. The zero-order valence-corrected chi connectivity index (χ0v) is 11.0. The van der Waals surface area contributed by atoms with Crippen LogP contribution in [0.15, 0.2) is 36.4 Å². The van der Waals surface area contributed by atoms with Crippen molar-refractivity contribution >= 4 is 11.7 Å². The fraction of sp³-hybridized carbons (Fsp3) is 0.143. The monoisotopic (exact) mass is 276 g/mol. The van der Waals surface area contributed by atoms with Crippen LogP contribution in [0.25, 0.3) is 0 Å². The quantitative estimate of drug-likeness (QED) is 0.871. The second-order valence-corrected chi connectivity index (χ2v) is 3.87. The topological polar surface area (TPSA) is 60.5 Å². The summed E-state index contributed by atoms with van der Waals surface area (Å²) in [5.74, 6) is -0.0412. The molecule has 6 heteroatoms. The lowest BCUT2D eigenvalue weighted by molar-refractivity contribution is 0.102. The van der Waals surface area contributed by atoms with Crippen molar-refractivity contribution in [3.05, 3.63) is 47.9 Å². The molecule has 0 aliphatic carbocycles. The second kappa shape index (κ2) is 6.01. The number of nitrogens with zero attached hydrogens (tertiary/aromatic N) is 1. The predicted octanol–water partition coefficient (Wildman–Crippen LogP) is 2.49. The Morgan fingerprint density at radius 3 is 2.65 bits per heavy atom. The largest absolute Gasteiger partial charge is 0.497 e. The lowest BCUT2D eigenvalue weighted by Gasteiger charge is -2.10. The summed E-state index contributed by atoms with van der Waals surface area (Å²) in [5, 5.41) is 2.50. The van der Waals surface area contributed by atoms with Gasteiger partial charge in [0.15, 0.2) is 0 Å². The molecule has 0 bridgehead atoms. The second-order valence-electron chi connectivity index (χ2n) is 3.87. The highest BCUT2D eigenvalue weighted by molar-refractivity contribution is 6.05. The first kappa shape index (κ1) is 13.8. The van der Waals surface area contributed by atoms with E-state index in [1.54, 1.807) is 18.2 Å². The molecule has 0 radical (unpaired) electrons. The van der Waals surface area contributed by atoms with Crippen molar-refractivity contribution < 1.29 is 18.7 Å². The van der Waals surface area contributed by atoms with Crippen LogP contribution in [-0.2, 0) is 0 Å². The molecule has 1 heterocycles. The molecule has 1 N–H and O–H groups in total. The van der Waals surface area contributed by atoms with Gasteiger partial charge in [0.2, 0.25) is 5.95 Å². The minimum atomic E-state index is -0.663. The van der Waals surface area contributed by atoms with Crippen LogP contribution >= 0.6 is 0 Å². The average molecular weight is 276 g/mol. The summed E-state index contributed by atoms with van der Waals surface area (Å²) in [4.78, 5) is 15.7. The Hall–Kier alpha value is -2.63. The van der Waals surface area contributed by atoms with Gasteiger partial charge in [-0.3, -0.25) is 4.79 Å². The highest BCUT2D eigenvalue weighted by atomic mass is 19.1. The Morgan fingerprint density at radius 1 is 1.20 bits per heavy atom. The van der Waals surface area contributed by atoms with Crippen LogP contribution in [0.1, 0.15) is 10.4 Å². The number of amides is 1. The molecule has 0 unspecified atom stereocenters. The standard InChI is InChI=1S/C14H13FN2O3/c1-19-9-6-7-10(11(8-9)20-2)14(18)17-13-5-3-4-12(15)16-13/h3-8H,1-2H3,(H,16,17,18). The van der Waals surface area contributed by atoms with Crippen molar-refractivity contribution in [2.45, 2.75) is 0 Å². The third-order valence-corrected chi connectivity index (χ3v) is 2.61. The van der Waals surface area contributed by atoms with Crippen molar-refractivity contribution in [1.29, 1.82) is 0 Å². The number of benzene rings is 1. The van der Waals surface area contributed by atoms with E-state index in [0.717, 1.165) is 0 Å². The third kappa shape index (κ3) is 3.03. The molecular formula is C14H13FN2O3. The minimum Gasteiger partial charge on any atom is -0.497 e. The SMILES string of the molecule is COc1ccc(C(=O)Nc2cccc(F)n2)c(OC)c1. The maximum absolute atomic E-state index is 13.0. The van der Waals surface area contributed by atoms with Crippen LogP contribution in [0.4, 0.5) is 10.2 Å². The van der Waals surface area contributed by atoms with Crippen LogP contribution in [0.5, 0.6) is 11.5 Å². The van der Waals surface area contributed by atoms with Crippen LogP contribution in [0.3, 0.4) is 0 Å². The number of hydrogen-bond donors (Lipinski definition) is 1. The summed E-state index contributed by atoms with van der Waals surface area (Å²) in [7, 11) is 2.97. The van der Waals surface area contributed by atoms with E-state index < -0.39 is 11.9 Å². The molecule has 2 aromatic rings. The Morgan fingerprint density at radius 2 is 2.00 bits per heavy atom. The molecule has 0 fully saturated rings. The van der Waals surface area contributed by atoms with E-state index in [4.69, 9.17) is 9.47 Å². The molecule has 104 valence electrons. The van der Waals surface area contributed by atoms with E-state index in [1.807, 2.05) is 0 Å². The number of carbonyl (C=O) groups excluding carboxylic acids is 1. The molecular weight excluding hydrogens is 263 g/mol. The number of pyridine rings is 1. The summed E-state index contributed by atoms with van der Waals surface area (Å²) < 4.78 is 23.1. The van der Waals surface area contributed by atoms with Crippen LogP contribution in [0.2, 0.25) is 0 Å². The van der Waals surface area contributed by atoms with Crippen molar-refractivity contribution in [2.24, 2.45) is 0 Å². The van der Waals surface area contributed by atoms with E-state index in [1.165, 1.54) is 32.4 Å². The number of methoxy groups -OCH3 is 2. The first-order chi connectivity index (χ1) is 9.63. The lowest BCUT2D eigenvalue weighted by atomic mass is 10.1. The highest BCUT2D eigenvalue weighted by Gasteiger charge is 2.14. The van der Waals surface area contributed by atoms with Gasteiger partial charge in [-0.05, 0) is 24.3 Å². The summed E-state index contributed by atoms with van der Waals surface area (Å²) >= 11 is 0. The molecule has 0 saturated carbocycles. The van der Waals surface area contributed by atoms with Gasteiger partial charge in [0.05, 0.1) is 19.8 Å².